The second-order valence-electron chi connectivity index (χ2n) is 8.25. The van der Waals surface area contributed by atoms with Crippen molar-refractivity contribution in [3.05, 3.63) is 54.6 Å². The van der Waals surface area contributed by atoms with Crippen LogP contribution in [0.25, 0.3) is 6.08 Å². The third kappa shape index (κ3) is 4.45. The van der Waals surface area contributed by atoms with Crippen molar-refractivity contribution in [1.82, 2.24) is 0 Å². The molecule has 1 saturated carbocycles. The van der Waals surface area contributed by atoms with Crippen LogP contribution < -0.4 is 0 Å². The lowest BCUT2D eigenvalue weighted by Gasteiger charge is -2.40. The lowest BCUT2D eigenvalue weighted by atomic mass is 10.00. The van der Waals surface area contributed by atoms with Gasteiger partial charge < -0.3 is 4.43 Å². The van der Waals surface area contributed by atoms with Crippen LogP contribution in [0, 0.1) is 11.8 Å². The molecule has 0 saturated heterocycles. The van der Waals surface area contributed by atoms with Crippen molar-refractivity contribution in [2.75, 3.05) is 0 Å². The Labute approximate surface area is 143 Å². The van der Waals surface area contributed by atoms with Gasteiger partial charge in [-0.1, -0.05) is 69.3 Å². The third-order valence-electron chi connectivity index (χ3n) is 5.55. The molecule has 2 rings (SSSR count). The first-order valence-corrected chi connectivity index (χ1v) is 11.7. The van der Waals surface area contributed by atoms with Gasteiger partial charge in [0.05, 0.1) is 6.10 Å². The molecule has 0 radical (unpaired) electrons. The Balaban J connectivity index is 2.16. The average Bonchev–Trinajstić information content (AvgIpc) is 2.86. The van der Waals surface area contributed by atoms with Crippen molar-refractivity contribution in [2.45, 2.75) is 57.8 Å². The standard InChI is InChI=1S/C21H32OSi/c1-7-18-15-16-19(14-13-17-11-9-8-10-12-17)20(18)22-23(5,6)21(2,3)4/h7-14,18-20H,1,15-16H2,2-6H3/b14-13+/t18-,19+,20-/m0/s1. The molecule has 0 unspecified atom stereocenters. The summed E-state index contributed by atoms with van der Waals surface area (Å²) in [5.74, 6) is 0.974. The van der Waals surface area contributed by atoms with Crippen LogP contribution in [0.5, 0.6) is 0 Å². The molecule has 126 valence electrons. The molecule has 0 aliphatic heterocycles. The molecule has 2 heteroatoms. The molecule has 1 nitrogen and oxygen atoms in total. The molecular weight excluding hydrogens is 296 g/mol. The largest absolute Gasteiger partial charge is 0.413 e. The molecule has 0 bridgehead atoms. The Morgan fingerprint density at radius 2 is 1.70 bits per heavy atom. The van der Waals surface area contributed by atoms with Gasteiger partial charge >= 0.3 is 0 Å². The van der Waals surface area contributed by atoms with Gasteiger partial charge in [-0.25, -0.2) is 0 Å². The summed E-state index contributed by atoms with van der Waals surface area (Å²) in [5, 5.41) is 0.245. The van der Waals surface area contributed by atoms with E-state index in [-0.39, 0.29) is 11.1 Å². The highest BCUT2D eigenvalue weighted by Gasteiger charge is 2.43. The van der Waals surface area contributed by atoms with Gasteiger partial charge in [-0.15, -0.1) is 6.58 Å². The molecule has 1 aliphatic rings. The van der Waals surface area contributed by atoms with Gasteiger partial charge in [-0.2, -0.15) is 0 Å². The Kier molecular flexibility index (Phi) is 5.69. The van der Waals surface area contributed by atoms with E-state index >= 15 is 0 Å². The highest BCUT2D eigenvalue weighted by Crippen LogP contribution is 2.43. The zero-order chi connectivity index (χ0) is 17.1. The summed E-state index contributed by atoms with van der Waals surface area (Å²) in [6.07, 6.45) is 9.38. The first-order chi connectivity index (χ1) is 10.7. The van der Waals surface area contributed by atoms with Crippen LogP contribution in [0.3, 0.4) is 0 Å². The molecule has 0 heterocycles. The predicted octanol–water partition coefficient (Wildman–Crippen LogP) is 6.30. The summed E-state index contributed by atoms with van der Waals surface area (Å²) < 4.78 is 6.78. The lowest BCUT2D eigenvalue weighted by molar-refractivity contribution is 0.134. The molecule has 23 heavy (non-hydrogen) atoms. The van der Waals surface area contributed by atoms with E-state index in [2.05, 4.69) is 89.0 Å². The molecule has 1 fully saturated rings. The van der Waals surface area contributed by atoms with Crippen LogP contribution in [0.1, 0.15) is 39.2 Å². The normalized spacial score (nSPS) is 25.9. The molecule has 0 N–H and O–H groups in total. The van der Waals surface area contributed by atoms with Crippen LogP contribution in [-0.2, 0) is 4.43 Å². The fourth-order valence-corrected chi connectivity index (χ4v) is 4.36. The van der Waals surface area contributed by atoms with Crippen molar-refractivity contribution in [3.63, 3.8) is 0 Å². The lowest BCUT2D eigenvalue weighted by Crippen LogP contribution is -2.46. The van der Waals surface area contributed by atoms with E-state index in [0.717, 1.165) is 0 Å². The van der Waals surface area contributed by atoms with E-state index in [1.165, 1.54) is 18.4 Å². The van der Waals surface area contributed by atoms with E-state index < -0.39 is 8.32 Å². The SMILES string of the molecule is C=C[C@H]1CC[C@@H](/C=C/c2ccccc2)[C@H]1O[Si](C)(C)C(C)(C)C. The van der Waals surface area contributed by atoms with Crippen LogP contribution in [-0.4, -0.2) is 14.4 Å². The predicted molar refractivity (Wildman–Crippen MR) is 104 cm³/mol. The molecular formula is C21H32OSi. The highest BCUT2D eigenvalue weighted by molar-refractivity contribution is 6.74. The van der Waals surface area contributed by atoms with E-state index in [0.29, 0.717) is 11.8 Å². The van der Waals surface area contributed by atoms with Gasteiger partial charge in [0, 0.05) is 11.8 Å². The van der Waals surface area contributed by atoms with Crippen molar-refractivity contribution < 1.29 is 4.43 Å². The molecule has 1 aromatic carbocycles. The van der Waals surface area contributed by atoms with Gasteiger partial charge in [0.15, 0.2) is 8.32 Å². The minimum atomic E-state index is -1.76. The first-order valence-electron chi connectivity index (χ1n) is 8.78. The molecule has 0 spiro atoms. The molecule has 1 aromatic rings. The Morgan fingerprint density at radius 3 is 2.26 bits per heavy atom. The Morgan fingerprint density at radius 1 is 1.09 bits per heavy atom. The van der Waals surface area contributed by atoms with Crippen LogP contribution >= 0.6 is 0 Å². The summed E-state index contributed by atoms with van der Waals surface area (Å²) in [5.41, 5.74) is 1.26. The first kappa shape index (κ1) is 18.2. The summed E-state index contributed by atoms with van der Waals surface area (Å²) >= 11 is 0. The van der Waals surface area contributed by atoms with E-state index in [1.54, 1.807) is 0 Å². The average molecular weight is 329 g/mol. The topological polar surface area (TPSA) is 9.23 Å². The number of rotatable bonds is 5. The quantitative estimate of drug-likeness (QED) is 0.455. The highest BCUT2D eigenvalue weighted by atomic mass is 28.4. The van der Waals surface area contributed by atoms with Gasteiger partial charge in [0.1, 0.15) is 0 Å². The minimum Gasteiger partial charge on any atom is -0.413 e. The van der Waals surface area contributed by atoms with Crippen molar-refractivity contribution in [3.8, 4) is 0 Å². The minimum absolute atomic E-state index is 0.245. The van der Waals surface area contributed by atoms with Crippen LogP contribution in [0.4, 0.5) is 0 Å². The number of benzene rings is 1. The maximum absolute atomic E-state index is 6.78. The van der Waals surface area contributed by atoms with Crippen molar-refractivity contribution >= 4 is 14.4 Å². The summed E-state index contributed by atoms with van der Waals surface area (Å²) in [6, 6.07) is 10.5. The number of hydrogen-bond donors (Lipinski definition) is 0. The zero-order valence-corrected chi connectivity index (χ0v) is 16.4. The maximum Gasteiger partial charge on any atom is 0.192 e. The molecule has 0 aromatic heterocycles. The van der Waals surface area contributed by atoms with Gasteiger partial charge in [-0.3, -0.25) is 0 Å². The zero-order valence-electron chi connectivity index (χ0n) is 15.4. The van der Waals surface area contributed by atoms with Gasteiger partial charge in [0.25, 0.3) is 0 Å². The molecule has 1 aliphatic carbocycles. The smallest absolute Gasteiger partial charge is 0.192 e. The van der Waals surface area contributed by atoms with E-state index in [1.807, 2.05) is 0 Å². The third-order valence-corrected chi connectivity index (χ3v) is 10.0. The van der Waals surface area contributed by atoms with Gasteiger partial charge in [-0.05, 0) is 36.5 Å². The van der Waals surface area contributed by atoms with Crippen molar-refractivity contribution in [2.24, 2.45) is 11.8 Å². The second kappa shape index (κ2) is 7.19. The van der Waals surface area contributed by atoms with E-state index in [4.69, 9.17) is 4.43 Å². The van der Waals surface area contributed by atoms with Crippen LogP contribution in [0.15, 0.2) is 49.1 Å². The fourth-order valence-electron chi connectivity index (χ4n) is 2.98. The fraction of sp³-hybridized carbons (Fsp3) is 0.524. The summed E-state index contributed by atoms with van der Waals surface area (Å²) in [4.78, 5) is 0. The van der Waals surface area contributed by atoms with E-state index in [9.17, 15) is 0 Å². The van der Waals surface area contributed by atoms with Gasteiger partial charge in [0.2, 0.25) is 0 Å². The molecule has 3 atom stereocenters. The Bertz CT molecular complexity index is 539. The summed E-state index contributed by atoms with van der Waals surface area (Å²) in [7, 11) is -1.76. The number of hydrogen-bond acceptors (Lipinski definition) is 1. The van der Waals surface area contributed by atoms with Crippen molar-refractivity contribution in [1.29, 1.82) is 0 Å². The Hall–Kier alpha value is -1.12. The van der Waals surface area contributed by atoms with Crippen LogP contribution in [0.2, 0.25) is 18.1 Å². The maximum atomic E-state index is 6.78. The molecule has 0 amide bonds. The monoisotopic (exact) mass is 328 g/mol. The summed E-state index contributed by atoms with van der Waals surface area (Å²) in [6.45, 7) is 15.7. The second-order valence-corrected chi connectivity index (χ2v) is 13.0.